The van der Waals surface area contributed by atoms with Gasteiger partial charge in [0.25, 0.3) is 5.91 Å². The number of hydrogen-bond acceptors (Lipinski definition) is 2. The van der Waals surface area contributed by atoms with E-state index in [1.807, 2.05) is 48.5 Å². The molecule has 102 valence electrons. The van der Waals surface area contributed by atoms with Crippen LogP contribution in [0.5, 0.6) is 5.75 Å². The number of para-hydroxylation sites is 1. The topological polar surface area (TPSA) is 38.3 Å². The molecular weight excluding hydrogens is 318 g/mol. The number of halogens is 1. The van der Waals surface area contributed by atoms with Crippen LogP contribution < -0.4 is 10.1 Å². The van der Waals surface area contributed by atoms with Gasteiger partial charge < -0.3 is 10.1 Å². The Morgan fingerprint density at radius 3 is 2.65 bits per heavy atom. The lowest BCUT2D eigenvalue weighted by Crippen LogP contribution is -2.31. The van der Waals surface area contributed by atoms with Crippen LogP contribution in [0, 0.1) is 0 Å². The summed E-state index contributed by atoms with van der Waals surface area (Å²) in [6.07, 6.45) is 0.185. The van der Waals surface area contributed by atoms with Crippen molar-refractivity contribution in [3.8, 4) is 5.75 Å². The molecule has 1 N–H and O–H groups in total. The second-order valence-corrected chi connectivity index (χ2v) is 5.30. The summed E-state index contributed by atoms with van der Waals surface area (Å²) in [6, 6.07) is 15.5. The lowest BCUT2D eigenvalue weighted by Gasteiger charge is -2.11. The molecule has 0 saturated heterocycles. The molecular formula is C16H14BrNO2. The van der Waals surface area contributed by atoms with Crippen LogP contribution in [0.1, 0.15) is 11.1 Å². The number of amides is 1. The summed E-state index contributed by atoms with van der Waals surface area (Å²) in [7, 11) is 0. The van der Waals surface area contributed by atoms with Crippen LogP contribution in [-0.2, 0) is 16.5 Å². The fraction of sp³-hybridized carbons (Fsp3) is 0.188. The van der Waals surface area contributed by atoms with E-state index in [4.69, 9.17) is 4.74 Å². The highest BCUT2D eigenvalue weighted by atomic mass is 79.9. The fourth-order valence-electron chi connectivity index (χ4n) is 2.23. The predicted molar refractivity (Wildman–Crippen MR) is 82.3 cm³/mol. The maximum absolute atomic E-state index is 12.2. The van der Waals surface area contributed by atoms with Crippen LogP contribution in [0.25, 0.3) is 0 Å². The van der Waals surface area contributed by atoms with E-state index in [-0.39, 0.29) is 5.91 Å². The van der Waals surface area contributed by atoms with Gasteiger partial charge in [-0.15, -0.1) is 0 Å². The molecule has 1 atom stereocenters. The number of carbonyl (C=O) groups is 1. The molecule has 1 aliphatic heterocycles. The molecule has 0 aromatic heterocycles. The Bertz CT molecular complexity index is 600. The highest BCUT2D eigenvalue weighted by Crippen LogP contribution is 2.28. The second kappa shape index (κ2) is 5.67. The van der Waals surface area contributed by atoms with Crippen LogP contribution in [0.2, 0.25) is 0 Å². The number of benzene rings is 2. The van der Waals surface area contributed by atoms with E-state index in [0.717, 1.165) is 22.3 Å². The molecule has 0 fully saturated rings. The molecule has 1 amide bonds. The highest BCUT2D eigenvalue weighted by molar-refractivity contribution is 9.08. The number of fused-ring (bicyclic) bond motifs is 1. The number of ether oxygens (including phenoxy) is 1. The highest BCUT2D eigenvalue weighted by Gasteiger charge is 2.28. The van der Waals surface area contributed by atoms with E-state index in [1.54, 1.807) is 0 Å². The van der Waals surface area contributed by atoms with Gasteiger partial charge in [-0.2, -0.15) is 0 Å². The van der Waals surface area contributed by atoms with Crippen molar-refractivity contribution < 1.29 is 9.53 Å². The molecule has 3 rings (SSSR count). The average molecular weight is 332 g/mol. The van der Waals surface area contributed by atoms with Crippen molar-refractivity contribution in [3.05, 3.63) is 59.7 Å². The molecule has 0 saturated carbocycles. The molecule has 1 heterocycles. The lowest BCUT2D eigenvalue weighted by molar-refractivity contribution is -0.122. The van der Waals surface area contributed by atoms with Crippen molar-refractivity contribution in [1.29, 1.82) is 0 Å². The summed E-state index contributed by atoms with van der Waals surface area (Å²) in [5.74, 6) is 0.704. The van der Waals surface area contributed by atoms with Gasteiger partial charge in [0.1, 0.15) is 5.75 Å². The summed E-state index contributed by atoms with van der Waals surface area (Å²) in [5, 5.41) is 3.70. The molecule has 2 aromatic carbocycles. The molecule has 3 nitrogen and oxygen atoms in total. The molecule has 0 bridgehead atoms. The van der Waals surface area contributed by atoms with Crippen molar-refractivity contribution >= 4 is 27.5 Å². The van der Waals surface area contributed by atoms with Crippen molar-refractivity contribution in [1.82, 2.24) is 0 Å². The summed E-state index contributed by atoms with van der Waals surface area (Å²) < 4.78 is 5.67. The predicted octanol–water partition coefficient (Wildman–Crippen LogP) is 3.52. The van der Waals surface area contributed by atoms with Gasteiger partial charge in [0.05, 0.1) is 0 Å². The summed E-state index contributed by atoms with van der Waals surface area (Å²) in [4.78, 5) is 12.2. The zero-order chi connectivity index (χ0) is 13.9. The van der Waals surface area contributed by atoms with Gasteiger partial charge in [0.2, 0.25) is 0 Å². The van der Waals surface area contributed by atoms with E-state index in [2.05, 4.69) is 21.2 Å². The molecule has 0 spiro atoms. The first kappa shape index (κ1) is 13.2. The van der Waals surface area contributed by atoms with E-state index >= 15 is 0 Å². The van der Waals surface area contributed by atoms with E-state index < -0.39 is 6.10 Å². The van der Waals surface area contributed by atoms with Gasteiger partial charge in [-0.25, -0.2) is 0 Å². The number of hydrogen-bond donors (Lipinski definition) is 1. The largest absolute Gasteiger partial charge is 0.480 e. The van der Waals surface area contributed by atoms with Crippen molar-refractivity contribution in [2.45, 2.75) is 17.9 Å². The van der Waals surface area contributed by atoms with Crippen LogP contribution in [0.3, 0.4) is 0 Å². The monoisotopic (exact) mass is 331 g/mol. The van der Waals surface area contributed by atoms with Crippen molar-refractivity contribution in [2.24, 2.45) is 0 Å². The minimum absolute atomic E-state index is 0.104. The minimum Gasteiger partial charge on any atom is -0.480 e. The van der Waals surface area contributed by atoms with Gasteiger partial charge in [-0.1, -0.05) is 46.3 Å². The fourth-order valence-corrected chi connectivity index (χ4v) is 2.60. The Kier molecular flexibility index (Phi) is 3.74. The molecule has 2 aromatic rings. The number of anilines is 1. The molecule has 1 aliphatic rings. The normalized spacial score (nSPS) is 16.4. The standard InChI is InChI=1S/C16H14BrNO2/c17-10-11-5-7-13(8-6-11)18-16(19)15-9-12-3-1-2-4-14(12)20-15/h1-8,15H,9-10H2,(H,18,19). The van der Waals surface area contributed by atoms with Crippen molar-refractivity contribution in [3.63, 3.8) is 0 Å². The third-order valence-corrected chi connectivity index (χ3v) is 3.96. The minimum atomic E-state index is -0.441. The second-order valence-electron chi connectivity index (χ2n) is 4.74. The summed E-state index contributed by atoms with van der Waals surface area (Å²) >= 11 is 3.40. The number of rotatable bonds is 3. The smallest absolute Gasteiger partial charge is 0.265 e. The van der Waals surface area contributed by atoms with Gasteiger partial charge in [0, 0.05) is 17.4 Å². The number of carbonyl (C=O) groups excluding carboxylic acids is 1. The van der Waals surface area contributed by atoms with Crippen LogP contribution in [-0.4, -0.2) is 12.0 Å². The first-order chi connectivity index (χ1) is 9.76. The van der Waals surface area contributed by atoms with Crippen molar-refractivity contribution in [2.75, 3.05) is 5.32 Å². The first-order valence-electron chi connectivity index (χ1n) is 6.46. The molecule has 20 heavy (non-hydrogen) atoms. The zero-order valence-electron chi connectivity index (χ0n) is 10.8. The third-order valence-electron chi connectivity index (χ3n) is 3.32. The number of alkyl halides is 1. The van der Waals surface area contributed by atoms with E-state index in [1.165, 1.54) is 5.56 Å². The van der Waals surface area contributed by atoms with Crippen LogP contribution >= 0.6 is 15.9 Å². The van der Waals surface area contributed by atoms with Gasteiger partial charge in [-0.3, -0.25) is 4.79 Å². The van der Waals surface area contributed by atoms with Crippen LogP contribution in [0.15, 0.2) is 48.5 Å². The maximum Gasteiger partial charge on any atom is 0.265 e. The Morgan fingerprint density at radius 1 is 1.20 bits per heavy atom. The Morgan fingerprint density at radius 2 is 1.95 bits per heavy atom. The number of nitrogens with one attached hydrogen (secondary N) is 1. The Labute approximate surface area is 126 Å². The average Bonchev–Trinajstić information content (AvgIpc) is 2.92. The van der Waals surface area contributed by atoms with Gasteiger partial charge in [-0.05, 0) is 29.3 Å². The SMILES string of the molecule is O=C(Nc1ccc(CBr)cc1)C1Cc2ccccc2O1. The molecule has 1 unspecified atom stereocenters. The Balaban J connectivity index is 1.66. The third kappa shape index (κ3) is 2.70. The van der Waals surface area contributed by atoms with Crippen LogP contribution in [0.4, 0.5) is 5.69 Å². The summed E-state index contributed by atoms with van der Waals surface area (Å²) in [5.41, 5.74) is 3.05. The quantitative estimate of drug-likeness (QED) is 0.874. The summed E-state index contributed by atoms with van der Waals surface area (Å²) in [6.45, 7) is 0. The van der Waals surface area contributed by atoms with E-state index in [9.17, 15) is 4.79 Å². The Hall–Kier alpha value is -1.81. The maximum atomic E-state index is 12.2. The molecule has 0 radical (unpaired) electrons. The first-order valence-corrected chi connectivity index (χ1v) is 7.59. The van der Waals surface area contributed by atoms with Gasteiger partial charge >= 0.3 is 0 Å². The zero-order valence-corrected chi connectivity index (χ0v) is 12.4. The molecule has 0 aliphatic carbocycles. The lowest BCUT2D eigenvalue weighted by atomic mass is 10.1. The van der Waals surface area contributed by atoms with Gasteiger partial charge in [0.15, 0.2) is 6.10 Å². The van der Waals surface area contributed by atoms with E-state index in [0.29, 0.717) is 6.42 Å². The molecule has 4 heteroatoms.